The predicted octanol–water partition coefficient (Wildman–Crippen LogP) is 5.13. The molecular formula is C32H47FN4O4. The van der Waals surface area contributed by atoms with Crippen LogP contribution in [0.1, 0.15) is 74.9 Å². The Hall–Kier alpha value is -2.75. The average molecular weight is 571 g/mol. The number of halogens is 1. The Kier molecular flexibility index (Phi) is 11.0. The lowest BCUT2D eigenvalue weighted by Gasteiger charge is -2.32. The van der Waals surface area contributed by atoms with Gasteiger partial charge in [0.1, 0.15) is 11.9 Å². The number of nitrogens with one attached hydrogen (secondary N) is 1. The molecule has 0 bridgehead atoms. The number of aryl methyl sites for hydroxylation is 1. The summed E-state index contributed by atoms with van der Waals surface area (Å²) in [4.78, 5) is 21.7. The summed E-state index contributed by atoms with van der Waals surface area (Å²) in [5.41, 5.74) is 3.48. The zero-order chi connectivity index (χ0) is 29.5. The number of hydrogen-bond acceptors (Lipinski definition) is 7. The van der Waals surface area contributed by atoms with Crippen LogP contribution in [0, 0.1) is 11.7 Å². The second kappa shape index (κ2) is 14.4. The van der Waals surface area contributed by atoms with Gasteiger partial charge < -0.3 is 19.9 Å². The Labute approximate surface area is 244 Å². The number of methoxy groups -OCH3 is 1. The van der Waals surface area contributed by atoms with Gasteiger partial charge in [-0.15, -0.1) is 0 Å². The van der Waals surface area contributed by atoms with Gasteiger partial charge in [0, 0.05) is 56.4 Å². The number of aromatic nitrogens is 1. The fourth-order valence-electron chi connectivity index (χ4n) is 6.04. The molecule has 4 rings (SSSR count). The van der Waals surface area contributed by atoms with E-state index < -0.39 is 17.8 Å². The van der Waals surface area contributed by atoms with Crippen LogP contribution in [0.25, 0.3) is 0 Å². The van der Waals surface area contributed by atoms with Crippen LogP contribution in [0.2, 0.25) is 0 Å². The second-order valence-electron chi connectivity index (χ2n) is 12.0. The van der Waals surface area contributed by atoms with Gasteiger partial charge in [0.15, 0.2) is 11.6 Å². The van der Waals surface area contributed by atoms with Crippen molar-refractivity contribution in [3.63, 3.8) is 0 Å². The molecule has 9 heteroatoms. The molecular weight excluding hydrogens is 523 g/mol. The molecule has 1 aromatic heterocycles. The quantitative estimate of drug-likeness (QED) is 0.303. The highest BCUT2D eigenvalue weighted by Crippen LogP contribution is 2.37. The molecule has 0 aliphatic carbocycles. The highest BCUT2D eigenvalue weighted by atomic mass is 19.1. The van der Waals surface area contributed by atoms with Crippen LogP contribution in [-0.4, -0.2) is 84.9 Å². The number of nitrogens with zero attached hydrogens (tertiary/aromatic N) is 3. The van der Waals surface area contributed by atoms with E-state index in [4.69, 9.17) is 14.5 Å². The first-order chi connectivity index (χ1) is 19.7. The number of benzene rings is 1. The maximum Gasteiger partial charge on any atom is 0.325 e. The molecule has 41 heavy (non-hydrogen) atoms. The number of aliphatic carboxylic acids is 1. The highest BCUT2D eigenvalue weighted by molar-refractivity contribution is 5.77. The zero-order valence-corrected chi connectivity index (χ0v) is 25.3. The van der Waals surface area contributed by atoms with Crippen LogP contribution >= 0.6 is 0 Å². The monoisotopic (exact) mass is 570 g/mol. The van der Waals surface area contributed by atoms with E-state index in [1.807, 2.05) is 18.7 Å². The van der Waals surface area contributed by atoms with Gasteiger partial charge in [-0.2, -0.15) is 0 Å². The zero-order valence-electron chi connectivity index (χ0n) is 25.3. The van der Waals surface area contributed by atoms with Gasteiger partial charge in [-0.3, -0.25) is 14.6 Å². The number of fused-ring (bicyclic) bond motifs is 1. The van der Waals surface area contributed by atoms with Crippen LogP contribution in [0.3, 0.4) is 0 Å². The van der Waals surface area contributed by atoms with Crippen molar-refractivity contribution in [1.29, 1.82) is 0 Å². The fraction of sp³-hybridized carbons (Fsp3) is 0.625. The van der Waals surface area contributed by atoms with Gasteiger partial charge in [0.25, 0.3) is 0 Å². The van der Waals surface area contributed by atoms with E-state index >= 15 is 0 Å². The van der Waals surface area contributed by atoms with E-state index in [0.29, 0.717) is 37.8 Å². The first-order valence-electron chi connectivity index (χ1n) is 15.1. The van der Waals surface area contributed by atoms with E-state index in [2.05, 4.69) is 36.2 Å². The standard InChI is InChI=1S/C32H47FN4O4/c1-21(2)19-36(14-16-41-15-11-25-9-8-23-7-6-12-34-31(23)35-25)26-10-13-37(20-26)29(32(38)39)27-17-24(22(3)4)18-28(33)30(27)40-5/h8-9,17-18,21-22,26,29H,6-7,10-16,19-20H2,1-5H3,(H,34,35)(H,38,39)/t26-,29+/m1/s1. The molecule has 1 fully saturated rings. The summed E-state index contributed by atoms with van der Waals surface area (Å²) in [6.45, 7) is 13.4. The maximum atomic E-state index is 14.9. The number of pyridine rings is 1. The largest absolute Gasteiger partial charge is 0.493 e. The molecule has 1 aromatic carbocycles. The van der Waals surface area contributed by atoms with Gasteiger partial charge in [-0.1, -0.05) is 33.8 Å². The summed E-state index contributed by atoms with van der Waals surface area (Å²) < 4.78 is 26.4. The molecule has 2 atom stereocenters. The molecule has 0 saturated carbocycles. The number of hydrogen-bond donors (Lipinski definition) is 2. The van der Waals surface area contributed by atoms with Crippen LogP contribution in [0.15, 0.2) is 24.3 Å². The maximum absolute atomic E-state index is 14.9. The second-order valence-corrected chi connectivity index (χ2v) is 12.0. The lowest BCUT2D eigenvalue weighted by atomic mass is 9.95. The number of likely N-dealkylation sites (tertiary alicyclic amines) is 1. The molecule has 8 nitrogen and oxygen atoms in total. The first-order valence-corrected chi connectivity index (χ1v) is 15.1. The minimum atomic E-state index is -0.992. The van der Waals surface area contributed by atoms with Crippen LogP contribution < -0.4 is 10.1 Å². The van der Waals surface area contributed by atoms with E-state index in [1.54, 1.807) is 6.07 Å². The molecule has 0 amide bonds. The average Bonchev–Trinajstić information content (AvgIpc) is 3.41. The Bertz CT molecular complexity index is 1170. The van der Waals surface area contributed by atoms with Crippen molar-refractivity contribution in [2.24, 2.45) is 5.92 Å². The number of anilines is 1. The topological polar surface area (TPSA) is 87.2 Å². The Balaban J connectivity index is 1.37. The number of carboxylic acid groups (broad SMARTS) is 1. The third-order valence-electron chi connectivity index (χ3n) is 8.15. The van der Waals surface area contributed by atoms with Crippen molar-refractivity contribution in [2.75, 3.05) is 58.4 Å². The van der Waals surface area contributed by atoms with Crippen molar-refractivity contribution in [3.05, 3.63) is 52.5 Å². The SMILES string of the molecule is COc1c(F)cc(C(C)C)cc1[C@@H](C(=O)O)N1CC[C@@H](N(CCOCCc2ccc3c(n2)NCCC3)CC(C)C)C1. The fourth-order valence-corrected chi connectivity index (χ4v) is 6.04. The Morgan fingerprint density at radius 3 is 2.76 bits per heavy atom. The van der Waals surface area contributed by atoms with E-state index in [-0.39, 0.29) is 17.7 Å². The molecule has 0 unspecified atom stereocenters. The molecule has 2 N–H and O–H groups in total. The molecule has 0 radical (unpaired) electrons. The van der Waals surface area contributed by atoms with Crippen molar-refractivity contribution < 1.29 is 23.8 Å². The van der Waals surface area contributed by atoms with Crippen molar-refractivity contribution in [3.8, 4) is 5.75 Å². The van der Waals surface area contributed by atoms with Crippen molar-refractivity contribution >= 4 is 11.8 Å². The summed E-state index contributed by atoms with van der Waals surface area (Å²) >= 11 is 0. The van der Waals surface area contributed by atoms with Crippen LogP contribution in [-0.2, 0) is 22.4 Å². The predicted molar refractivity (Wildman–Crippen MR) is 159 cm³/mol. The molecule has 3 heterocycles. The van der Waals surface area contributed by atoms with E-state index in [9.17, 15) is 14.3 Å². The molecule has 1 saturated heterocycles. The van der Waals surface area contributed by atoms with Gasteiger partial charge in [0.2, 0.25) is 0 Å². The lowest BCUT2D eigenvalue weighted by Crippen LogP contribution is -2.43. The highest BCUT2D eigenvalue weighted by Gasteiger charge is 2.38. The number of carbonyl (C=O) groups is 1. The van der Waals surface area contributed by atoms with Gasteiger partial charge in [-0.05, 0) is 60.4 Å². The number of rotatable bonds is 14. The molecule has 2 aliphatic heterocycles. The molecule has 2 aromatic rings. The minimum absolute atomic E-state index is 0.0156. The summed E-state index contributed by atoms with van der Waals surface area (Å²) in [7, 11) is 1.39. The Morgan fingerprint density at radius 1 is 1.24 bits per heavy atom. The van der Waals surface area contributed by atoms with Gasteiger partial charge >= 0.3 is 5.97 Å². The minimum Gasteiger partial charge on any atom is -0.493 e. The van der Waals surface area contributed by atoms with Gasteiger partial charge in [-0.25, -0.2) is 9.37 Å². The molecule has 0 spiro atoms. The van der Waals surface area contributed by atoms with Crippen LogP contribution in [0.4, 0.5) is 10.2 Å². The molecule has 2 aliphatic rings. The van der Waals surface area contributed by atoms with Crippen molar-refractivity contribution in [2.45, 2.75) is 71.4 Å². The lowest BCUT2D eigenvalue weighted by molar-refractivity contribution is -0.143. The summed E-state index contributed by atoms with van der Waals surface area (Å²) in [6, 6.07) is 6.74. The van der Waals surface area contributed by atoms with Crippen LogP contribution in [0.5, 0.6) is 5.75 Å². The third-order valence-corrected chi connectivity index (χ3v) is 8.15. The van der Waals surface area contributed by atoms with Crippen molar-refractivity contribution in [1.82, 2.24) is 14.8 Å². The van der Waals surface area contributed by atoms with E-state index in [1.165, 1.54) is 18.7 Å². The third kappa shape index (κ3) is 7.96. The molecule has 226 valence electrons. The first kappa shape index (κ1) is 31.2. The van der Waals surface area contributed by atoms with Gasteiger partial charge in [0.05, 0.1) is 20.3 Å². The number of ether oxygens (including phenoxy) is 2. The smallest absolute Gasteiger partial charge is 0.325 e. The number of carboxylic acids is 1. The summed E-state index contributed by atoms with van der Waals surface area (Å²) in [5, 5.41) is 13.7. The summed E-state index contributed by atoms with van der Waals surface area (Å²) in [6.07, 6.45) is 3.85. The summed E-state index contributed by atoms with van der Waals surface area (Å²) in [5.74, 6) is 0.0465. The normalized spacial score (nSPS) is 18.1. The Morgan fingerprint density at radius 2 is 2.05 bits per heavy atom. The van der Waals surface area contributed by atoms with E-state index in [0.717, 1.165) is 62.4 Å².